The van der Waals surface area contributed by atoms with E-state index in [0.717, 1.165) is 30.6 Å². The number of anilines is 1. The Morgan fingerprint density at radius 2 is 2.08 bits per heavy atom. The van der Waals surface area contributed by atoms with E-state index >= 15 is 0 Å². The summed E-state index contributed by atoms with van der Waals surface area (Å²) in [6, 6.07) is 6.23. The van der Waals surface area contributed by atoms with Crippen LogP contribution in [0.4, 0.5) is 5.69 Å². The minimum absolute atomic E-state index is 0.00233. The van der Waals surface area contributed by atoms with Gasteiger partial charge >= 0.3 is 5.97 Å². The fourth-order valence-corrected chi connectivity index (χ4v) is 3.31. The first-order valence-corrected chi connectivity index (χ1v) is 8.22. The first kappa shape index (κ1) is 16.5. The Hall–Kier alpha value is -2.34. The normalized spacial score (nSPS) is 17.8. The maximum atomic E-state index is 12.6. The third-order valence-corrected chi connectivity index (χ3v) is 4.62. The van der Waals surface area contributed by atoms with E-state index in [1.807, 2.05) is 0 Å². The van der Waals surface area contributed by atoms with Gasteiger partial charge in [-0.2, -0.15) is 9.78 Å². The molecule has 0 spiro atoms. The van der Waals surface area contributed by atoms with Crippen LogP contribution in [0.15, 0.2) is 35.3 Å². The summed E-state index contributed by atoms with van der Waals surface area (Å²) in [6.45, 7) is 3.83. The number of nitrogens with zero attached hydrogens (tertiary/aromatic N) is 3. The predicted molar refractivity (Wildman–Crippen MR) is 92.4 cm³/mol. The zero-order valence-electron chi connectivity index (χ0n) is 13.3. The molecule has 2 heterocycles. The molecule has 3 rings (SSSR count). The molecule has 1 fully saturated rings. The van der Waals surface area contributed by atoms with Crippen LogP contribution in [-0.4, -0.2) is 33.9 Å². The van der Waals surface area contributed by atoms with Gasteiger partial charge in [0.05, 0.1) is 23.1 Å². The lowest BCUT2D eigenvalue weighted by atomic mass is 10.00. The molecule has 6 nitrogen and oxygen atoms in total. The fraction of sp³-hybridized carbons (Fsp3) is 0.353. The van der Waals surface area contributed by atoms with Gasteiger partial charge in [-0.3, -0.25) is 4.79 Å². The number of hydrogen-bond donors (Lipinski definition) is 1. The van der Waals surface area contributed by atoms with Gasteiger partial charge < -0.3 is 10.0 Å². The second-order valence-electron chi connectivity index (χ2n) is 6.08. The van der Waals surface area contributed by atoms with Crippen molar-refractivity contribution in [2.24, 2.45) is 5.92 Å². The standard InChI is InChI=1S/C17H18ClN3O3/c1-11-5-4-8-20(10-11)14-9-19-21(16(22)15(14)18)13-7-3-2-6-12(13)17(23)24/h2-3,6-7,9,11H,4-5,8,10H2,1H3,(H,23,24)/t11-/m0/s1. The SMILES string of the molecule is C[C@H]1CCCN(c2cnn(-c3ccccc3C(=O)O)c(=O)c2Cl)C1. The van der Waals surface area contributed by atoms with Crippen molar-refractivity contribution >= 4 is 23.3 Å². The van der Waals surface area contributed by atoms with Crippen LogP contribution in [0.1, 0.15) is 30.1 Å². The van der Waals surface area contributed by atoms with Gasteiger partial charge in [-0.1, -0.05) is 30.7 Å². The number of rotatable bonds is 3. The summed E-state index contributed by atoms with van der Waals surface area (Å²) >= 11 is 6.30. The molecule has 2 aromatic rings. The van der Waals surface area contributed by atoms with Gasteiger partial charge in [0.15, 0.2) is 0 Å². The van der Waals surface area contributed by atoms with Crippen molar-refractivity contribution < 1.29 is 9.90 Å². The molecule has 1 aliphatic heterocycles. The monoisotopic (exact) mass is 347 g/mol. The highest BCUT2D eigenvalue weighted by molar-refractivity contribution is 6.33. The lowest BCUT2D eigenvalue weighted by molar-refractivity contribution is 0.0696. The van der Waals surface area contributed by atoms with Gasteiger partial charge in [0.25, 0.3) is 5.56 Å². The molecule has 1 aliphatic rings. The van der Waals surface area contributed by atoms with Crippen LogP contribution in [0.3, 0.4) is 0 Å². The molecule has 7 heteroatoms. The Kier molecular flexibility index (Phi) is 4.57. The van der Waals surface area contributed by atoms with E-state index in [1.165, 1.54) is 12.1 Å². The molecule has 1 N–H and O–H groups in total. The highest BCUT2D eigenvalue weighted by Crippen LogP contribution is 2.27. The Bertz CT molecular complexity index is 834. The molecular weight excluding hydrogens is 330 g/mol. The average molecular weight is 348 g/mol. The minimum atomic E-state index is -1.12. The lowest BCUT2D eigenvalue weighted by Crippen LogP contribution is -2.36. The number of hydrogen-bond acceptors (Lipinski definition) is 4. The van der Waals surface area contributed by atoms with Crippen LogP contribution in [0.2, 0.25) is 5.02 Å². The van der Waals surface area contributed by atoms with Crippen molar-refractivity contribution in [1.29, 1.82) is 0 Å². The van der Waals surface area contributed by atoms with Crippen molar-refractivity contribution in [3.8, 4) is 5.69 Å². The summed E-state index contributed by atoms with van der Waals surface area (Å²) < 4.78 is 1.04. The van der Waals surface area contributed by atoms with Crippen LogP contribution in [-0.2, 0) is 0 Å². The maximum Gasteiger partial charge on any atom is 0.337 e. The number of benzene rings is 1. The Morgan fingerprint density at radius 1 is 1.33 bits per heavy atom. The summed E-state index contributed by atoms with van der Waals surface area (Å²) in [5.41, 5.74) is 0.302. The van der Waals surface area contributed by atoms with Gasteiger partial charge in [-0.15, -0.1) is 0 Å². The predicted octanol–water partition coefficient (Wildman–Crippen LogP) is 2.82. The molecule has 0 aliphatic carbocycles. The quantitative estimate of drug-likeness (QED) is 0.924. The Labute approximate surface area is 144 Å². The van der Waals surface area contributed by atoms with Crippen LogP contribution >= 0.6 is 11.6 Å². The molecule has 1 saturated heterocycles. The molecule has 0 radical (unpaired) electrons. The van der Waals surface area contributed by atoms with Crippen molar-refractivity contribution in [2.75, 3.05) is 18.0 Å². The zero-order valence-corrected chi connectivity index (χ0v) is 14.0. The van der Waals surface area contributed by atoms with Crippen LogP contribution in [0.5, 0.6) is 0 Å². The topological polar surface area (TPSA) is 75.4 Å². The minimum Gasteiger partial charge on any atom is -0.478 e. The lowest BCUT2D eigenvalue weighted by Gasteiger charge is -2.32. The number of carbonyl (C=O) groups is 1. The molecule has 1 atom stereocenters. The summed E-state index contributed by atoms with van der Waals surface area (Å²) in [4.78, 5) is 26.1. The molecule has 126 valence electrons. The second-order valence-corrected chi connectivity index (χ2v) is 6.45. The second kappa shape index (κ2) is 6.65. The van der Waals surface area contributed by atoms with Crippen LogP contribution in [0, 0.1) is 5.92 Å². The van der Waals surface area contributed by atoms with E-state index in [2.05, 4.69) is 16.9 Å². The molecule has 0 saturated carbocycles. The highest BCUT2D eigenvalue weighted by atomic mass is 35.5. The third-order valence-electron chi connectivity index (χ3n) is 4.26. The van der Waals surface area contributed by atoms with E-state index in [4.69, 9.17) is 11.6 Å². The van der Waals surface area contributed by atoms with E-state index in [0.29, 0.717) is 11.6 Å². The van der Waals surface area contributed by atoms with Crippen LogP contribution < -0.4 is 10.5 Å². The summed E-state index contributed by atoms with van der Waals surface area (Å²) in [5, 5.41) is 13.5. The largest absolute Gasteiger partial charge is 0.478 e. The van der Waals surface area contributed by atoms with Crippen molar-refractivity contribution in [1.82, 2.24) is 9.78 Å². The molecule has 0 unspecified atom stereocenters. The maximum absolute atomic E-state index is 12.6. The first-order chi connectivity index (χ1) is 11.5. The van der Waals surface area contributed by atoms with E-state index in [9.17, 15) is 14.7 Å². The smallest absolute Gasteiger partial charge is 0.337 e. The number of para-hydroxylation sites is 1. The zero-order chi connectivity index (χ0) is 17.3. The molecular formula is C17H18ClN3O3. The number of aromatic carboxylic acids is 1. The van der Waals surface area contributed by atoms with E-state index in [-0.39, 0.29) is 16.3 Å². The third kappa shape index (κ3) is 3.01. The average Bonchev–Trinajstić information content (AvgIpc) is 2.57. The number of carboxylic acids is 1. The fourth-order valence-electron chi connectivity index (χ4n) is 3.06. The van der Waals surface area contributed by atoms with Gasteiger partial charge in [0, 0.05) is 13.1 Å². The van der Waals surface area contributed by atoms with Crippen molar-refractivity contribution in [3.63, 3.8) is 0 Å². The van der Waals surface area contributed by atoms with Gasteiger partial charge in [-0.05, 0) is 30.9 Å². The van der Waals surface area contributed by atoms with Gasteiger partial charge in [0.2, 0.25) is 0 Å². The molecule has 0 bridgehead atoms. The van der Waals surface area contributed by atoms with E-state index in [1.54, 1.807) is 18.3 Å². The number of aromatic nitrogens is 2. The molecule has 0 amide bonds. The van der Waals surface area contributed by atoms with Gasteiger partial charge in [0.1, 0.15) is 5.02 Å². The number of halogens is 1. The van der Waals surface area contributed by atoms with E-state index < -0.39 is 11.5 Å². The molecule has 1 aromatic heterocycles. The summed E-state index contributed by atoms with van der Waals surface area (Å²) in [6.07, 6.45) is 3.74. The van der Waals surface area contributed by atoms with Crippen LogP contribution in [0.25, 0.3) is 5.69 Å². The molecule has 1 aromatic carbocycles. The van der Waals surface area contributed by atoms with Crippen molar-refractivity contribution in [2.45, 2.75) is 19.8 Å². The summed E-state index contributed by atoms with van der Waals surface area (Å²) in [5.74, 6) is -0.589. The first-order valence-electron chi connectivity index (χ1n) is 7.84. The highest BCUT2D eigenvalue weighted by Gasteiger charge is 2.22. The molecule has 24 heavy (non-hydrogen) atoms. The summed E-state index contributed by atoms with van der Waals surface area (Å²) in [7, 11) is 0. The van der Waals surface area contributed by atoms with Gasteiger partial charge in [-0.25, -0.2) is 4.79 Å². The number of carboxylic acid groups (broad SMARTS) is 1. The Balaban J connectivity index is 2.06. The Morgan fingerprint density at radius 3 is 2.79 bits per heavy atom. The number of piperidine rings is 1. The van der Waals surface area contributed by atoms with Crippen molar-refractivity contribution in [3.05, 3.63) is 51.4 Å².